The van der Waals surface area contributed by atoms with Crippen molar-refractivity contribution < 1.29 is 16.8 Å². The Labute approximate surface area is 204 Å². The molecule has 11 heteroatoms. The van der Waals surface area contributed by atoms with Crippen LogP contribution in [0, 0.1) is 13.8 Å². The van der Waals surface area contributed by atoms with Crippen molar-refractivity contribution in [3.63, 3.8) is 0 Å². The second kappa shape index (κ2) is 7.14. The summed E-state index contributed by atoms with van der Waals surface area (Å²) >= 11 is 0. The Balaban J connectivity index is 1.42. The van der Waals surface area contributed by atoms with E-state index in [-0.39, 0.29) is 21.7 Å². The number of hydrogen-bond donors (Lipinski definition) is 1. The lowest BCUT2D eigenvalue weighted by Crippen LogP contribution is -2.78. The van der Waals surface area contributed by atoms with Crippen LogP contribution in [-0.2, 0) is 25.6 Å². The van der Waals surface area contributed by atoms with E-state index >= 15 is 0 Å². The summed E-state index contributed by atoms with van der Waals surface area (Å²) in [5, 5.41) is 0.712. The first kappa shape index (κ1) is 22.7. The van der Waals surface area contributed by atoms with E-state index < -0.39 is 20.0 Å². The average molecular weight is 514 g/mol. The predicted octanol–water partition coefficient (Wildman–Crippen LogP) is 3.20. The number of rotatable bonds is 7. The summed E-state index contributed by atoms with van der Waals surface area (Å²) in [4.78, 5) is 9.38. The Morgan fingerprint density at radius 3 is 2.37 bits per heavy atom. The molecule has 0 saturated heterocycles. The SMILES string of the molecule is CCCS(=O)(=O)NC12CC(n3c(C)nc4cnc5c(ccn5S(=O)(=O)c5ccc(C)cc5)c43)(C1)C2. The van der Waals surface area contributed by atoms with E-state index in [9.17, 15) is 16.8 Å². The molecule has 4 aromatic rings. The van der Waals surface area contributed by atoms with Crippen LogP contribution in [0.2, 0.25) is 0 Å². The molecule has 0 amide bonds. The van der Waals surface area contributed by atoms with Crippen LogP contribution in [0.15, 0.2) is 47.6 Å². The number of hydrogen-bond acceptors (Lipinski definition) is 6. The molecule has 35 heavy (non-hydrogen) atoms. The number of aromatic nitrogens is 4. The lowest BCUT2D eigenvalue weighted by molar-refractivity contribution is -0.123. The molecule has 3 aliphatic rings. The van der Waals surface area contributed by atoms with Crippen LogP contribution in [0.4, 0.5) is 0 Å². The highest BCUT2D eigenvalue weighted by molar-refractivity contribution is 7.90. The number of nitrogens with one attached hydrogen (secondary N) is 1. The first-order valence-corrected chi connectivity index (χ1v) is 14.8. The fourth-order valence-electron chi connectivity index (χ4n) is 6.07. The fraction of sp³-hybridized carbons (Fsp3) is 0.417. The Bertz CT molecular complexity index is 1700. The molecule has 3 saturated carbocycles. The minimum absolute atomic E-state index is 0.129. The van der Waals surface area contributed by atoms with Crippen molar-refractivity contribution in [1.82, 2.24) is 23.2 Å². The van der Waals surface area contributed by atoms with Gasteiger partial charge in [-0.1, -0.05) is 24.6 Å². The molecule has 9 nitrogen and oxygen atoms in total. The first-order chi connectivity index (χ1) is 16.5. The fourth-order valence-corrected chi connectivity index (χ4v) is 8.89. The van der Waals surface area contributed by atoms with Gasteiger partial charge in [0.05, 0.1) is 27.9 Å². The van der Waals surface area contributed by atoms with Gasteiger partial charge < -0.3 is 4.57 Å². The number of nitrogens with zero attached hydrogens (tertiary/aromatic N) is 4. The van der Waals surface area contributed by atoms with Gasteiger partial charge >= 0.3 is 0 Å². The van der Waals surface area contributed by atoms with Crippen molar-refractivity contribution >= 4 is 42.1 Å². The summed E-state index contributed by atoms with van der Waals surface area (Å²) in [6, 6.07) is 8.53. The summed E-state index contributed by atoms with van der Waals surface area (Å²) < 4.78 is 57.8. The number of aryl methyl sites for hydroxylation is 2. The monoisotopic (exact) mass is 513 g/mol. The van der Waals surface area contributed by atoms with Crippen LogP contribution < -0.4 is 4.72 Å². The molecule has 3 aromatic heterocycles. The first-order valence-electron chi connectivity index (χ1n) is 11.7. The number of pyridine rings is 1. The second-order valence-electron chi connectivity index (χ2n) is 10.1. The lowest BCUT2D eigenvalue weighted by atomic mass is 9.44. The van der Waals surface area contributed by atoms with Crippen molar-refractivity contribution in [1.29, 1.82) is 0 Å². The summed E-state index contributed by atoms with van der Waals surface area (Å²) in [5.74, 6) is 0.942. The maximum absolute atomic E-state index is 13.4. The van der Waals surface area contributed by atoms with E-state index in [1.807, 2.05) is 20.8 Å². The van der Waals surface area contributed by atoms with E-state index in [0.717, 1.165) is 16.9 Å². The molecule has 7 rings (SSSR count). The van der Waals surface area contributed by atoms with Crippen molar-refractivity contribution in [3.05, 3.63) is 54.1 Å². The topological polar surface area (TPSA) is 116 Å². The summed E-state index contributed by atoms with van der Waals surface area (Å²) in [7, 11) is -7.11. The van der Waals surface area contributed by atoms with Crippen LogP contribution in [0.1, 0.15) is 44.0 Å². The highest BCUT2D eigenvalue weighted by Crippen LogP contribution is 2.66. The summed E-state index contributed by atoms with van der Waals surface area (Å²) in [6.07, 6.45) is 5.83. The largest absolute Gasteiger partial charge is 0.321 e. The highest BCUT2D eigenvalue weighted by Gasteiger charge is 2.70. The Kier molecular flexibility index (Phi) is 4.63. The molecule has 0 spiro atoms. The number of imidazole rings is 1. The molecule has 0 atom stereocenters. The van der Waals surface area contributed by atoms with Gasteiger partial charge in [-0.25, -0.2) is 35.5 Å². The molecular weight excluding hydrogens is 486 g/mol. The zero-order valence-electron chi connectivity index (χ0n) is 19.8. The molecule has 3 aliphatic carbocycles. The zero-order chi connectivity index (χ0) is 24.8. The Morgan fingerprint density at radius 2 is 1.71 bits per heavy atom. The van der Waals surface area contributed by atoms with E-state index in [4.69, 9.17) is 4.98 Å². The molecular formula is C24H27N5O4S2. The smallest absolute Gasteiger partial charge is 0.269 e. The minimum Gasteiger partial charge on any atom is -0.321 e. The Morgan fingerprint density at radius 1 is 1.03 bits per heavy atom. The van der Waals surface area contributed by atoms with Gasteiger partial charge in [0.1, 0.15) is 11.3 Å². The van der Waals surface area contributed by atoms with E-state index in [0.29, 0.717) is 42.2 Å². The van der Waals surface area contributed by atoms with Crippen molar-refractivity contribution in [2.75, 3.05) is 5.75 Å². The van der Waals surface area contributed by atoms with E-state index in [2.05, 4.69) is 14.3 Å². The molecule has 0 unspecified atom stereocenters. The average Bonchev–Trinajstić information content (AvgIpc) is 3.31. The zero-order valence-corrected chi connectivity index (χ0v) is 21.4. The third kappa shape index (κ3) is 3.21. The van der Waals surface area contributed by atoms with Crippen LogP contribution in [0.5, 0.6) is 0 Å². The van der Waals surface area contributed by atoms with Crippen molar-refractivity contribution in [2.24, 2.45) is 0 Å². The van der Waals surface area contributed by atoms with E-state index in [1.165, 1.54) is 3.97 Å². The lowest BCUT2D eigenvalue weighted by Gasteiger charge is -2.70. The van der Waals surface area contributed by atoms with Crippen LogP contribution >= 0.6 is 0 Å². The van der Waals surface area contributed by atoms with Crippen LogP contribution in [0.25, 0.3) is 22.1 Å². The van der Waals surface area contributed by atoms with Gasteiger partial charge in [0.25, 0.3) is 10.0 Å². The normalized spacial score (nSPS) is 24.0. The maximum atomic E-state index is 13.4. The molecule has 184 valence electrons. The highest BCUT2D eigenvalue weighted by atomic mass is 32.2. The minimum atomic E-state index is -3.82. The Hall–Kier alpha value is -2.76. The molecule has 1 N–H and O–H groups in total. The third-order valence-corrected chi connectivity index (χ3v) is 10.7. The van der Waals surface area contributed by atoms with Crippen LogP contribution in [-0.4, -0.2) is 46.6 Å². The summed E-state index contributed by atoms with van der Waals surface area (Å²) in [6.45, 7) is 5.70. The molecule has 0 aliphatic heterocycles. The van der Waals surface area contributed by atoms with Gasteiger partial charge in [-0.2, -0.15) is 0 Å². The number of sulfonamides is 1. The molecule has 3 heterocycles. The summed E-state index contributed by atoms with van der Waals surface area (Å²) in [5.41, 5.74) is 2.27. The van der Waals surface area contributed by atoms with Gasteiger partial charge in [-0.15, -0.1) is 0 Å². The third-order valence-electron chi connectivity index (χ3n) is 7.36. The second-order valence-corrected chi connectivity index (χ2v) is 13.8. The van der Waals surface area contributed by atoms with E-state index in [1.54, 1.807) is 42.7 Å². The van der Waals surface area contributed by atoms with Gasteiger partial charge in [-0.3, -0.25) is 0 Å². The van der Waals surface area contributed by atoms with Crippen molar-refractivity contribution in [2.45, 2.75) is 62.4 Å². The molecule has 3 fully saturated rings. The molecule has 2 bridgehead atoms. The predicted molar refractivity (Wildman–Crippen MR) is 133 cm³/mol. The standard InChI is InChI=1S/C24H27N5O4S2/c1-4-11-34(30,31)27-23-13-24(14-23,15-23)29-17(3)26-20-12-25-22-19(21(20)29)9-10-28(22)35(32,33)18-7-5-16(2)6-8-18/h5-10,12,27H,4,11,13-15H2,1-3H3. The van der Waals surface area contributed by atoms with Gasteiger partial charge in [0.15, 0.2) is 5.65 Å². The molecule has 1 aromatic carbocycles. The van der Waals surface area contributed by atoms with Crippen LogP contribution in [0.3, 0.4) is 0 Å². The molecule has 0 radical (unpaired) electrons. The van der Waals surface area contributed by atoms with Gasteiger partial charge in [0, 0.05) is 17.1 Å². The maximum Gasteiger partial charge on any atom is 0.269 e. The van der Waals surface area contributed by atoms with Crippen molar-refractivity contribution in [3.8, 4) is 0 Å². The number of benzene rings is 1. The van der Waals surface area contributed by atoms with Gasteiger partial charge in [-0.05, 0) is 57.7 Å². The van der Waals surface area contributed by atoms with Gasteiger partial charge in [0.2, 0.25) is 10.0 Å². The number of fused-ring (bicyclic) bond motifs is 3. The quantitative estimate of drug-likeness (QED) is 0.406.